The van der Waals surface area contributed by atoms with Gasteiger partial charge in [-0.25, -0.2) is 5.43 Å². The zero-order valence-corrected chi connectivity index (χ0v) is 20.6. The van der Waals surface area contributed by atoms with E-state index in [-0.39, 0.29) is 5.56 Å². The molecule has 184 valence electrons. The Morgan fingerprint density at radius 3 is 2.56 bits per heavy atom. The van der Waals surface area contributed by atoms with Crippen LogP contribution in [0, 0.1) is 0 Å². The smallest absolute Gasteiger partial charge is 0.416 e. The highest BCUT2D eigenvalue weighted by molar-refractivity contribution is 9.10. The molecule has 0 aliphatic carbocycles. The first-order valence-electron chi connectivity index (χ1n) is 10.7. The highest BCUT2D eigenvalue weighted by Crippen LogP contribution is 2.37. The zero-order valence-electron chi connectivity index (χ0n) is 19.0. The number of ether oxygens (including phenoxy) is 2. The summed E-state index contributed by atoms with van der Waals surface area (Å²) in [6.45, 7) is 0.316. The molecule has 0 aromatic heterocycles. The zero-order chi connectivity index (χ0) is 25.7. The van der Waals surface area contributed by atoms with E-state index in [2.05, 4.69) is 26.5 Å². The number of benzene rings is 4. The largest absolute Gasteiger partial charge is 0.493 e. The quantitative estimate of drug-likeness (QED) is 0.197. The molecular formula is C27H20BrF3N2O3. The third kappa shape index (κ3) is 5.85. The minimum absolute atomic E-state index is 0.155. The predicted octanol–water partition coefficient (Wildman–Crippen LogP) is 6.97. The van der Waals surface area contributed by atoms with Crippen molar-refractivity contribution in [3.8, 4) is 11.5 Å². The molecule has 0 bridgehead atoms. The molecule has 1 amide bonds. The SMILES string of the molecule is COc1cc(/C=N\NC(=O)c2cccc(C(F)(F)F)c2)cc(Br)c1OCc1cccc2ccccc12. The van der Waals surface area contributed by atoms with Crippen molar-refractivity contribution in [1.29, 1.82) is 0 Å². The summed E-state index contributed by atoms with van der Waals surface area (Å²) in [7, 11) is 1.50. The van der Waals surface area contributed by atoms with Gasteiger partial charge in [-0.2, -0.15) is 18.3 Å². The molecule has 0 saturated carbocycles. The Morgan fingerprint density at radius 1 is 1.03 bits per heavy atom. The maximum atomic E-state index is 12.9. The maximum absolute atomic E-state index is 12.9. The molecule has 0 radical (unpaired) electrons. The van der Waals surface area contributed by atoms with Crippen LogP contribution in [0.4, 0.5) is 13.2 Å². The number of amides is 1. The van der Waals surface area contributed by atoms with Crippen LogP contribution in [0.15, 0.2) is 88.4 Å². The van der Waals surface area contributed by atoms with E-state index in [0.717, 1.165) is 28.5 Å². The molecule has 5 nitrogen and oxygen atoms in total. The fourth-order valence-corrected chi connectivity index (χ4v) is 4.16. The standard InChI is InChI=1S/C27H20BrF3N2O3/c1-35-24-13-17(15-32-33-26(34)19-8-5-10-21(14-19)27(29,30)31)12-23(28)25(24)36-16-20-9-4-7-18-6-2-3-11-22(18)20/h2-15H,16H2,1H3,(H,33,34)/b32-15-. The molecule has 4 rings (SSSR count). The van der Waals surface area contributed by atoms with E-state index in [0.29, 0.717) is 28.1 Å². The van der Waals surface area contributed by atoms with Crippen molar-refractivity contribution in [2.45, 2.75) is 12.8 Å². The van der Waals surface area contributed by atoms with E-state index >= 15 is 0 Å². The summed E-state index contributed by atoms with van der Waals surface area (Å²) in [6.07, 6.45) is -3.19. The lowest BCUT2D eigenvalue weighted by molar-refractivity contribution is -0.137. The fraction of sp³-hybridized carbons (Fsp3) is 0.111. The van der Waals surface area contributed by atoms with E-state index < -0.39 is 17.6 Å². The highest BCUT2D eigenvalue weighted by Gasteiger charge is 2.30. The average molecular weight is 557 g/mol. The van der Waals surface area contributed by atoms with Crippen molar-refractivity contribution in [3.05, 3.63) is 106 Å². The highest BCUT2D eigenvalue weighted by atomic mass is 79.9. The van der Waals surface area contributed by atoms with E-state index in [9.17, 15) is 18.0 Å². The summed E-state index contributed by atoms with van der Waals surface area (Å²) in [5, 5.41) is 6.07. The van der Waals surface area contributed by atoms with Crippen LogP contribution in [-0.4, -0.2) is 19.2 Å². The molecule has 0 unspecified atom stereocenters. The van der Waals surface area contributed by atoms with Crippen molar-refractivity contribution in [2.75, 3.05) is 7.11 Å². The lowest BCUT2D eigenvalue weighted by atomic mass is 10.1. The molecule has 4 aromatic rings. The van der Waals surface area contributed by atoms with Crippen LogP contribution in [-0.2, 0) is 12.8 Å². The van der Waals surface area contributed by atoms with Crippen molar-refractivity contribution in [2.24, 2.45) is 5.10 Å². The third-order valence-electron chi connectivity index (χ3n) is 5.34. The number of alkyl halides is 3. The van der Waals surface area contributed by atoms with Gasteiger partial charge in [-0.05, 0) is 68.2 Å². The first-order chi connectivity index (χ1) is 17.3. The van der Waals surface area contributed by atoms with Crippen LogP contribution >= 0.6 is 15.9 Å². The molecule has 0 spiro atoms. The first kappa shape index (κ1) is 25.2. The van der Waals surface area contributed by atoms with Gasteiger partial charge in [0.25, 0.3) is 5.91 Å². The number of hydrogen-bond donors (Lipinski definition) is 1. The lowest BCUT2D eigenvalue weighted by Crippen LogP contribution is -2.18. The first-order valence-corrected chi connectivity index (χ1v) is 11.5. The van der Waals surface area contributed by atoms with E-state index in [1.54, 1.807) is 12.1 Å². The summed E-state index contributed by atoms with van der Waals surface area (Å²) >= 11 is 3.49. The number of nitrogens with one attached hydrogen (secondary N) is 1. The predicted molar refractivity (Wildman–Crippen MR) is 135 cm³/mol. The van der Waals surface area contributed by atoms with Crippen LogP contribution < -0.4 is 14.9 Å². The van der Waals surface area contributed by atoms with Gasteiger partial charge in [0.05, 0.1) is 23.4 Å². The van der Waals surface area contributed by atoms with Gasteiger partial charge >= 0.3 is 6.18 Å². The maximum Gasteiger partial charge on any atom is 0.416 e. The number of nitrogens with zero attached hydrogens (tertiary/aromatic N) is 1. The molecule has 9 heteroatoms. The number of hydrogen-bond acceptors (Lipinski definition) is 4. The van der Waals surface area contributed by atoms with Gasteiger partial charge in [0.1, 0.15) is 6.61 Å². The molecule has 0 atom stereocenters. The van der Waals surface area contributed by atoms with Gasteiger partial charge in [0, 0.05) is 5.56 Å². The number of hydrazone groups is 1. The second-order valence-corrected chi connectivity index (χ2v) is 8.59. The monoisotopic (exact) mass is 556 g/mol. The van der Waals surface area contributed by atoms with E-state index in [4.69, 9.17) is 9.47 Å². The summed E-state index contributed by atoms with van der Waals surface area (Å²) in [6, 6.07) is 21.5. The topological polar surface area (TPSA) is 59.9 Å². The average Bonchev–Trinajstić information content (AvgIpc) is 2.87. The molecule has 0 saturated heterocycles. The van der Waals surface area contributed by atoms with Gasteiger partial charge in [-0.1, -0.05) is 48.5 Å². The van der Waals surface area contributed by atoms with Gasteiger partial charge in [-0.15, -0.1) is 0 Å². The molecular weight excluding hydrogens is 537 g/mol. The summed E-state index contributed by atoms with van der Waals surface area (Å²) in [5.41, 5.74) is 2.76. The van der Waals surface area contributed by atoms with E-state index in [1.807, 2.05) is 42.5 Å². The van der Waals surface area contributed by atoms with Crippen molar-refractivity contribution in [1.82, 2.24) is 5.43 Å². The number of carbonyl (C=O) groups is 1. The molecule has 36 heavy (non-hydrogen) atoms. The molecule has 4 aromatic carbocycles. The minimum atomic E-state index is -4.54. The van der Waals surface area contributed by atoms with Gasteiger partial charge in [0.2, 0.25) is 0 Å². The summed E-state index contributed by atoms with van der Waals surface area (Å²) in [5.74, 6) is 0.171. The van der Waals surface area contributed by atoms with Crippen LogP contribution in [0.25, 0.3) is 10.8 Å². The number of halogens is 4. The number of rotatable bonds is 7. The Hall–Kier alpha value is -3.85. The molecule has 0 fully saturated rings. The Balaban J connectivity index is 1.47. The van der Waals surface area contributed by atoms with Crippen molar-refractivity contribution >= 4 is 38.8 Å². The normalized spacial score (nSPS) is 11.6. The molecule has 0 aliphatic rings. The van der Waals surface area contributed by atoms with Crippen LogP contribution in [0.1, 0.15) is 27.0 Å². The Kier molecular flexibility index (Phi) is 7.59. The molecule has 0 heterocycles. The Labute approximate surface area is 213 Å². The Morgan fingerprint density at radius 2 is 1.78 bits per heavy atom. The number of methoxy groups -OCH3 is 1. The fourth-order valence-electron chi connectivity index (χ4n) is 3.59. The Bertz CT molecular complexity index is 1430. The second kappa shape index (κ2) is 10.8. The molecule has 0 aliphatic heterocycles. The number of carbonyl (C=O) groups excluding carboxylic acids is 1. The van der Waals surface area contributed by atoms with Crippen LogP contribution in [0.3, 0.4) is 0 Å². The second-order valence-electron chi connectivity index (χ2n) is 7.74. The third-order valence-corrected chi connectivity index (χ3v) is 5.92. The van der Waals surface area contributed by atoms with Crippen molar-refractivity contribution < 1.29 is 27.4 Å². The summed E-state index contributed by atoms with van der Waals surface area (Å²) in [4.78, 5) is 12.2. The van der Waals surface area contributed by atoms with Gasteiger partial charge < -0.3 is 9.47 Å². The van der Waals surface area contributed by atoms with Crippen LogP contribution in [0.5, 0.6) is 11.5 Å². The van der Waals surface area contributed by atoms with Crippen LogP contribution in [0.2, 0.25) is 0 Å². The molecule has 1 N–H and O–H groups in total. The van der Waals surface area contributed by atoms with Gasteiger partial charge in [-0.3, -0.25) is 4.79 Å². The van der Waals surface area contributed by atoms with Gasteiger partial charge in [0.15, 0.2) is 11.5 Å². The lowest BCUT2D eigenvalue weighted by Gasteiger charge is -2.14. The minimum Gasteiger partial charge on any atom is -0.493 e. The summed E-state index contributed by atoms with van der Waals surface area (Å²) < 4.78 is 50.8. The van der Waals surface area contributed by atoms with E-state index in [1.165, 1.54) is 25.5 Å². The number of fused-ring (bicyclic) bond motifs is 1. The van der Waals surface area contributed by atoms with Crippen molar-refractivity contribution in [3.63, 3.8) is 0 Å².